The number of amides is 2. The molecule has 2 N–H and O–H groups in total. The summed E-state index contributed by atoms with van der Waals surface area (Å²) in [5, 5.41) is 5.48. The van der Waals surface area contributed by atoms with E-state index in [-0.39, 0.29) is 17.1 Å². The van der Waals surface area contributed by atoms with Gasteiger partial charge in [-0.15, -0.1) is 11.8 Å². The molecule has 154 valence electrons. The van der Waals surface area contributed by atoms with Crippen molar-refractivity contribution in [3.05, 3.63) is 78.9 Å². The van der Waals surface area contributed by atoms with Crippen molar-refractivity contribution in [3.63, 3.8) is 0 Å². The Morgan fingerprint density at radius 1 is 0.867 bits per heavy atom. The molecule has 0 aliphatic carbocycles. The molecule has 30 heavy (non-hydrogen) atoms. The van der Waals surface area contributed by atoms with E-state index in [1.807, 2.05) is 85.8 Å². The van der Waals surface area contributed by atoms with Crippen LogP contribution in [0.2, 0.25) is 0 Å². The second-order valence-electron chi connectivity index (χ2n) is 6.65. The summed E-state index contributed by atoms with van der Waals surface area (Å²) in [5.74, 6) is 1.28. The fourth-order valence-corrected chi connectivity index (χ4v) is 3.80. The van der Waals surface area contributed by atoms with Gasteiger partial charge in [0.25, 0.3) is 0 Å². The molecule has 0 saturated heterocycles. The van der Waals surface area contributed by atoms with E-state index in [0.29, 0.717) is 17.9 Å². The molecular formula is C24H24N2O3S. The van der Waals surface area contributed by atoms with Gasteiger partial charge in [-0.25, -0.2) is 0 Å². The molecule has 2 amide bonds. The number of hydrogen-bond acceptors (Lipinski definition) is 4. The van der Waals surface area contributed by atoms with Crippen LogP contribution < -0.4 is 15.4 Å². The number of rotatable bonds is 8. The van der Waals surface area contributed by atoms with Gasteiger partial charge in [0.05, 0.1) is 5.25 Å². The van der Waals surface area contributed by atoms with Crippen molar-refractivity contribution in [2.75, 3.05) is 10.6 Å². The lowest BCUT2D eigenvalue weighted by molar-refractivity contribution is -0.116. The van der Waals surface area contributed by atoms with Gasteiger partial charge >= 0.3 is 0 Å². The first-order valence-electron chi connectivity index (χ1n) is 9.71. The fourth-order valence-electron chi connectivity index (χ4n) is 2.79. The maximum absolute atomic E-state index is 12.8. The van der Waals surface area contributed by atoms with Crippen LogP contribution in [-0.4, -0.2) is 17.1 Å². The number of hydrogen-bond donors (Lipinski definition) is 2. The first-order valence-corrected chi connectivity index (χ1v) is 10.6. The van der Waals surface area contributed by atoms with Crippen LogP contribution in [-0.2, 0) is 9.59 Å². The Kier molecular flexibility index (Phi) is 7.51. The van der Waals surface area contributed by atoms with Crippen LogP contribution in [0.5, 0.6) is 11.5 Å². The van der Waals surface area contributed by atoms with Gasteiger partial charge in [0.2, 0.25) is 11.8 Å². The second kappa shape index (κ2) is 10.5. The molecule has 1 atom stereocenters. The van der Waals surface area contributed by atoms with E-state index >= 15 is 0 Å². The quantitative estimate of drug-likeness (QED) is 0.442. The third kappa shape index (κ3) is 6.39. The molecule has 1 unspecified atom stereocenters. The molecule has 0 aromatic heterocycles. The van der Waals surface area contributed by atoms with Crippen molar-refractivity contribution >= 4 is 35.0 Å². The SMILES string of the molecule is CCC(Sc1cccc(NC(C)=O)c1)C(=O)Nc1ccc(Oc2ccccc2)cc1. The normalized spacial score (nSPS) is 11.4. The second-order valence-corrected chi connectivity index (χ2v) is 7.93. The molecule has 3 aromatic rings. The standard InChI is InChI=1S/C24H24N2O3S/c1-3-23(30-22-11-7-8-19(16-22)25-17(2)27)24(28)26-18-12-14-21(15-13-18)29-20-9-5-4-6-10-20/h4-16,23H,3H2,1-2H3,(H,25,27)(H,26,28). The largest absolute Gasteiger partial charge is 0.457 e. The van der Waals surface area contributed by atoms with Crippen molar-refractivity contribution in [1.29, 1.82) is 0 Å². The Hall–Kier alpha value is -3.25. The summed E-state index contributed by atoms with van der Waals surface area (Å²) in [6.07, 6.45) is 0.677. The molecule has 0 saturated carbocycles. The lowest BCUT2D eigenvalue weighted by atomic mass is 10.2. The van der Waals surface area contributed by atoms with E-state index in [2.05, 4.69) is 10.6 Å². The summed E-state index contributed by atoms with van der Waals surface area (Å²) in [4.78, 5) is 24.9. The highest BCUT2D eigenvalue weighted by Crippen LogP contribution is 2.29. The molecule has 3 rings (SSSR count). The summed E-state index contributed by atoms with van der Waals surface area (Å²) in [5.41, 5.74) is 1.43. The number of benzene rings is 3. The van der Waals surface area contributed by atoms with Crippen molar-refractivity contribution < 1.29 is 14.3 Å². The zero-order chi connectivity index (χ0) is 21.3. The van der Waals surface area contributed by atoms with Crippen LogP contribution in [0.3, 0.4) is 0 Å². The Bertz CT molecular complexity index is 991. The van der Waals surface area contributed by atoms with Gasteiger partial charge in [0, 0.05) is 23.2 Å². The van der Waals surface area contributed by atoms with Crippen molar-refractivity contribution in [2.45, 2.75) is 30.4 Å². The van der Waals surface area contributed by atoms with Crippen LogP contribution in [0.1, 0.15) is 20.3 Å². The Labute approximate surface area is 180 Å². The van der Waals surface area contributed by atoms with Gasteiger partial charge in [-0.3, -0.25) is 9.59 Å². The summed E-state index contributed by atoms with van der Waals surface area (Å²) in [7, 11) is 0. The molecule has 0 spiro atoms. The Morgan fingerprint density at radius 3 is 2.23 bits per heavy atom. The van der Waals surface area contributed by atoms with Gasteiger partial charge in [0.1, 0.15) is 11.5 Å². The minimum absolute atomic E-state index is 0.0656. The minimum atomic E-state index is -0.252. The topological polar surface area (TPSA) is 67.4 Å². The average Bonchev–Trinajstić information content (AvgIpc) is 2.74. The summed E-state index contributed by atoms with van der Waals surface area (Å²) in [6, 6.07) is 24.3. The zero-order valence-corrected chi connectivity index (χ0v) is 17.7. The highest BCUT2D eigenvalue weighted by atomic mass is 32.2. The monoisotopic (exact) mass is 420 g/mol. The molecule has 0 aliphatic rings. The molecule has 0 heterocycles. The predicted molar refractivity (Wildman–Crippen MR) is 122 cm³/mol. The number of para-hydroxylation sites is 1. The maximum atomic E-state index is 12.8. The Morgan fingerprint density at radius 2 is 1.57 bits per heavy atom. The van der Waals surface area contributed by atoms with E-state index in [1.54, 1.807) is 0 Å². The van der Waals surface area contributed by atoms with Crippen LogP contribution in [0.15, 0.2) is 83.8 Å². The molecule has 0 aliphatic heterocycles. The molecular weight excluding hydrogens is 396 g/mol. The van der Waals surface area contributed by atoms with Gasteiger partial charge in [-0.2, -0.15) is 0 Å². The zero-order valence-electron chi connectivity index (χ0n) is 16.9. The minimum Gasteiger partial charge on any atom is -0.457 e. The van der Waals surface area contributed by atoms with Crippen LogP contribution in [0.25, 0.3) is 0 Å². The van der Waals surface area contributed by atoms with Gasteiger partial charge in [-0.05, 0) is 61.0 Å². The maximum Gasteiger partial charge on any atom is 0.237 e. The molecule has 0 radical (unpaired) electrons. The number of ether oxygens (including phenoxy) is 1. The van der Waals surface area contributed by atoms with E-state index < -0.39 is 0 Å². The lowest BCUT2D eigenvalue weighted by Gasteiger charge is -2.15. The Balaban J connectivity index is 1.60. The van der Waals surface area contributed by atoms with Crippen molar-refractivity contribution in [3.8, 4) is 11.5 Å². The van der Waals surface area contributed by atoms with E-state index in [9.17, 15) is 9.59 Å². The van der Waals surface area contributed by atoms with E-state index in [4.69, 9.17) is 4.74 Å². The highest BCUT2D eigenvalue weighted by molar-refractivity contribution is 8.00. The van der Waals surface area contributed by atoms with Crippen LogP contribution in [0, 0.1) is 0 Å². The van der Waals surface area contributed by atoms with Gasteiger partial charge < -0.3 is 15.4 Å². The van der Waals surface area contributed by atoms with Crippen LogP contribution in [0.4, 0.5) is 11.4 Å². The predicted octanol–water partition coefficient (Wildman–Crippen LogP) is 5.95. The number of nitrogens with one attached hydrogen (secondary N) is 2. The third-order valence-corrected chi connectivity index (χ3v) is 5.55. The number of thioether (sulfide) groups is 1. The highest BCUT2D eigenvalue weighted by Gasteiger charge is 2.18. The number of anilines is 2. The summed E-state index contributed by atoms with van der Waals surface area (Å²) >= 11 is 1.47. The fraction of sp³-hybridized carbons (Fsp3) is 0.167. The van der Waals surface area contributed by atoms with Crippen molar-refractivity contribution in [1.82, 2.24) is 0 Å². The molecule has 6 heteroatoms. The van der Waals surface area contributed by atoms with E-state index in [1.165, 1.54) is 18.7 Å². The van der Waals surface area contributed by atoms with E-state index in [0.717, 1.165) is 16.3 Å². The van der Waals surface area contributed by atoms with Crippen molar-refractivity contribution in [2.24, 2.45) is 0 Å². The summed E-state index contributed by atoms with van der Waals surface area (Å²) in [6.45, 7) is 3.45. The molecule has 0 bridgehead atoms. The number of carbonyl (C=O) groups is 2. The molecule has 5 nitrogen and oxygen atoms in total. The first-order chi connectivity index (χ1) is 14.5. The number of carbonyl (C=O) groups excluding carboxylic acids is 2. The van der Waals surface area contributed by atoms with Gasteiger partial charge in [-0.1, -0.05) is 31.2 Å². The third-order valence-electron chi connectivity index (χ3n) is 4.20. The lowest BCUT2D eigenvalue weighted by Crippen LogP contribution is -2.24. The van der Waals surface area contributed by atoms with Crippen LogP contribution >= 0.6 is 11.8 Å². The molecule has 0 fully saturated rings. The average molecular weight is 421 g/mol. The first kappa shape index (κ1) is 21.5. The molecule has 3 aromatic carbocycles. The smallest absolute Gasteiger partial charge is 0.237 e. The van der Waals surface area contributed by atoms with Gasteiger partial charge in [0.15, 0.2) is 0 Å². The summed E-state index contributed by atoms with van der Waals surface area (Å²) < 4.78 is 5.78.